The summed E-state index contributed by atoms with van der Waals surface area (Å²) in [5.74, 6) is 2.30. The first-order valence-electron chi connectivity index (χ1n) is 9.94. The van der Waals surface area contributed by atoms with Crippen LogP contribution < -0.4 is 4.90 Å². The molecular formula is C20H29N7. The van der Waals surface area contributed by atoms with Crippen molar-refractivity contribution in [2.75, 3.05) is 18.0 Å². The molecule has 0 aliphatic carbocycles. The first-order valence-corrected chi connectivity index (χ1v) is 9.94. The van der Waals surface area contributed by atoms with E-state index in [1.165, 1.54) is 18.4 Å². The van der Waals surface area contributed by atoms with Crippen molar-refractivity contribution in [3.63, 3.8) is 0 Å². The molecule has 0 aromatic carbocycles. The summed E-state index contributed by atoms with van der Waals surface area (Å²) in [5.41, 5.74) is 5.48. The fourth-order valence-corrected chi connectivity index (χ4v) is 3.77. The normalized spacial score (nSPS) is 14.8. The van der Waals surface area contributed by atoms with Gasteiger partial charge in [-0.25, -0.2) is 9.50 Å². The highest BCUT2D eigenvalue weighted by Crippen LogP contribution is 2.23. The summed E-state index contributed by atoms with van der Waals surface area (Å²) >= 11 is 0. The highest BCUT2D eigenvalue weighted by molar-refractivity contribution is 5.51. The molecule has 7 heteroatoms. The molecule has 144 valence electrons. The summed E-state index contributed by atoms with van der Waals surface area (Å²) in [7, 11) is 1.99. The van der Waals surface area contributed by atoms with Crippen LogP contribution in [0, 0.1) is 13.8 Å². The van der Waals surface area contributed by atoms with E-state index in [1.807, 2.05) is 23.2 Å². The highest BCUT2D eigenvalue weighted by atomic mass is 15.4. The Morgan fingerprint density at radius 1 is 1.04 bits per heavy atom. The molecule has 4 rings (SSSR count). The number of imidazole rings is 1. The Morgan fingerprint density at radius 2 is 1.78 bits per heavy atom. The Morgan fingerprint density at radius 3 is 2.48 bits per heavy atom. The summed E-state index contributed by atoms with van der Waals surface area (Å²) in [6.45, 7) is 10.7. The zero-order chi connectivity index (χ0) is 19.1. The fourth-order valence-electron chi connectivity index (χ4n) is 3.77. The Balaban J connectivity index is 1.59. The van der Waals surface area contributed by atoms with Crippen LogP contribution in [0.3, 0.4) is 0 Å². The van der Waals surface area contributed by atoms with Gasteiger partial charge in [0, 0.05) is 32.1 Å². The largest absolute Gasteiger partial charge is 0.340 e. The van der Waals surface area contributed by atoms with Gasteiger partial charge in [0.1, 0.15) is 5.82 Å². The maximum Gasteiger partial charge on any atom is 0.244 e. The molecule has 0 unspecified atom stereocenters. The number of fused-ring (bicyclic) bond motifs is 1. The molecule has 0 N–H and O–H groups in total. The number of hydrogen-bond donors (Lipinski definition) is 0. The van der Waals surface area contributed by atoms with Crippen LogP contribution in [0.15, 0.2) is 6.07 Å². The maximum absolute atomic E-state index is 4.85. The van der Waals surface area contributed by atoms with Gasteiger partial charge >= 0.3 is 0 Å². The van der Waals surface area contributed by atoms with Crippen molar-refractivity contribution in [3.05, 3.63) is 34.5 Å². The minimum atomic E-state index is 0.409. The molecule has 0 atom stereocenters. The number of aromatic nitrogens is 6. The number of hydrogen-bond acceptors (Lipinski definition) is 5. The number of anilines is 1. The Bertz CT molecular complexity index is 961. The second-order valence-corrected chi connectivity index (χ2v) is 7.91. The molecule has 0 bridgehead atoms. The molecule has 1 fully saturated rings. The quantitative estimate of drug-likeness (QED) is 0.694. The summed E-state index contributed by atoms with van der Waals surface area (Å²) in [4.78, 5) is 11.8. The maximum atomic E-state index is 4.85. The molecule has 27 heavy (non-hydrogen) atoms. The number of rotatable bonds is 5. The van der Waals surface area contributed by atoms with Crippen LogP contribution in [0.1, 0.15) is 61.1 Å². The number of aryl methyl sites for hydroxylation is 5. The van der Waals surface area contributed by atoms with Crippen molar-refractivity contribution in [1.29, 1.82) is 0 Å². The van der Waals surface area contributed by atoms with Gasteiger partial charge in [-0.2, -0.15) is 10.1 Å². The summed E-state index contributed by atoms with van der Waals surface area (Å²) in [6.07, 6.45) is 4.15. The van der Waals surface area contributed by atoms with E-state index in [1.54, 1.807) is 0 Å². The topological polar surface area (TPSA) is 64.1 Å². The molecule has 3 aromatic rings. The van der Waals surface area contributed by atoms with E-state index in [2.05, 4.69) is 36.8 Å². The molecule has 7 nitrogen and oxygen atoms in total. The monoisotopic (exact) mass is 367 g/mol. The Kier molecular flexibility index (Phi) is 4.61. The zero-order valence-electron chi connectivity index (χ0n) is 17.0. The average Bonchev–Trinajstić information content (AvgIpc) is 3.34. The van der Waals surface area contributed by atoms with E-state index in [4.69, 9.17) is 15.1 Å². The molecule has 0 amide bonds. The predicted octanol–water partition coefficient (Wildman–Crippen LogP) is 2.98. The lowest BCUT2D eigenvalue weighted by Gasteiger charge is -2.11. The average molecular weight is 368 g/mol. The van der Waals surface area contributed by atoms with Crippen molar-refractivity contribution in [2.45, 2.75) is 59.3 Å². The molecule has 0 saturated carbocycles. The van der Waals surface area contributed by atoms with Crippen molar-refractivity contribution in [3.8, 4) is 0 Å². The van der Waals surface area contributed by atoms with Gasteiger partial charge in [0.2, 0.25) is 5.95 Å². The third-order valence-corrected chi connectivity index (χ3v) is 5.58. The van der Waals surface area contributed by atoms with Crippen LogP contribution in [0.25, 0.3) is 5.65 Å². The second kappa shape index (κ2) is 6.94. The van der Waals surface area contributed by atoms with Gasteiger partial charge in [-0.05, 0) is 45.1 Å². The molecule has 1 aliphatic rings. The van der Waals surface area contributed by atoms with Gasteiger partial charge in [-0.1, -0.05) is 13.8 Å². The van der Waals surface area contributed by atoms with Crippen LogP contribution in [0.4, 0.5) is 5.95 Å². The van der Waals surface area contributed by atoms with Gasteiger partial charge in [-0.3, -0.25) is 4.68 Å². The van der Waals surface area contributed by atoms with E-state index < -0.39 is 0 Å². The SMILES string of the molecule is Cc1nc2c(C(C)C)cc(CCc3nc(N4CCCC4)nn3C)nn2c1C. The standard InChI is InChI=1S/C20H29N7/c1-13(2)17-12-16(23-27-15(4)14(3)21-19(17)27)8-9-18-22-20(24-25(18)5)26-10-6-7-11-26/h12-13H,6-11H2,1-5H3. The van der Waals surface area contributed by atoms with Crippen LogP contribution >= 0.6 is 0 Å². The summed E-state index contributed by atoms with van der Waals surface area (Å²) < 4.78 is 3.93. The van der Waals surface area contributed by atoms with E-state index in [-0.39, 0.29) is 0 Å². The fraction of sp³-hybridized carbons (Fsp3) is 0.600. The lowest BCUT2D eigenvalue weighted by Crippen LogP contribution is -2.19. The van der Waals surface area contributed by atoms with E-state index >= 15 is 0 Å². The van der Waals surface area contributed by atoms with Gasteiger partial charge in [0.25, 0.3) is 0 Å². The highest BCUT2D eigenvalue weighted by Gasteiger charge is 2.19. The first kappa shape index (κ1) is 17.9. The molecule has 0 radical (unpaired) electrons. The predicted molar refractivity (Wildman–Crippen MR) is 106 cm³/mol. The molecule has 1 saturated heterocycles. The van der Waals surface area contributed by atoms with E-state index in [0.29, 0.717) is 5.92 Å². The van der Waals surface area contributed by atoms with Gasteiger partial charge in [0.15, 0.2) is 5.65 Å². The molecular weight excluding hydrogens is 338 g/mol. The number of nitrogens with zero attached hydrogens (tertiary/aromatic N) is 7. The van der Waals surface area contributed by atoms with Crippen LogP contribution in [-0.2, 0) is 19.9 Å². The third kappa shape index (κ3) is 3.31. The Hall–Kier alpha value is -2.44. The van der Waals surface area contributed by atoms with E-state index in [0.717, 1.165) is 60.4 Å². The molecule has 3 aromatic heterocycles. The van der Waals surface area contributed by atoms with Gasteiger partial charge in [0.05, 0.1) is 17.1 Å². The van der Waals surface area contributed by atoms with Crippen molar-refractivity contribution < 1.29 is 0 Å². The Labute approximate surface area is 160 Å². The van der Waals surface area contributed by atoms with E-state index in [9.17, 15) is 0 Å². The zero-order valence-corrected chi connectivity index (χ0v) is 17.0. The van der Waals surface area contributed by atoms with Crippen LogP contribution in [0.5, 0.6) is 0 Å². The summed E-state index contributed by atoms with van der Waals surface area (Å²) in [5, 5.41) is 9.47. The summed E-state index contributed by atoms with van der Waals surface area (Å²) in [6, 6.07) is 2.21. The second-order valence-electron chi connectivity index (χ2n) is 7.91. The molecule has 4 heterocycles. The molecule has 0 spiro atoms. The first-order chi connectivity index (χ1) is 12.9. The van der Waals surface area contributed by atoms with Crippen molar-refractivity contribution in [2.24, 2.45) is 7.05 Å². The van der Waals surface area contributed by atoms with Gasteiger partial charge < -0.3 is 4.90 Å². The third-order valence-electron chi connectivity index (χ3n) is 5.58. The van der Waals surface area contributed by atoms with Crippen LogP contribution in [0.2, 0.25) is 0 Å². The van der Waals surface area contributed by atoms with Crippen molar-refractivity contribution >= 4 is 11.6 Å². The minimum absolute atomic E-state index is 0.409. The lowest BCUT2D eigenvalue weighted by molar-refractivity contribution is 0.679. The lowest BCUT2D eigenvalue weighted by atomic mass is 10.0. The smallest absolute Gasteiger partial charge is 0.244 e. The van der Waals surface area contributed by atoms with Gasteiger partial charge in [-0.15, -0.1) is 5.10 Å². The molecule has 1 aliphatic heterocycles. The van der Waals surface area contributed by atoms with Crippen LogP contribution in [-0.4, -0.2) is 42.5 Å². The minimum Gasteiger partial charge on any atom is -0.340 e. The van der Waals surface area contributed by atoms with Crippen molar-refractivity contribution in [1.82, 2.24) is 29.4 Å².